The lowest BCUT2D eigenvalue weighted by atomic mass is 10.3. The second kappa shape index (κ2) is 7.40. The molecule has 2 amide bonds. The van der Waals surface area contributed by atoms with Gasteiger partial charge in [0.05, 0.1) is 12.1 Å². The number of fused-ring (bicyclic) bond motifs is 1. The maximum Gasteiger partial charge on any atom is 0.272 e. The molecule has 1 fully saturated rings. The van der Waals surface area contributed by atoms with Crippen molar-refractivity contribution in [3.8, 4) is 0 Å². The summed E-state index contributed by atoms with van der Waals surface area (Å²) in [5, 5.41) is 6.86. The summed E-state index contributed by atoms with van der Waals surface area (Å²) in [5.74, 6) is 0.203. The molecule has 0 bridgehead atoms. The van der Waals surface area contributed by atoms with Crippen molar-refractivity contribution in [2.75, 3.05) is 37.6 Å². The van der Waals surface area contributed by atoms with E-state index in [1.54, 1.807) is 40.1 Å². The number of nitrogens with one attached hydrogen (secondary N) is 1. The maximum absolute atomic E-state index is 12.4. The molecule has 0 atom stereocenters. The average molecular weight is 365 g/mol. The Kier molecular flexibility index (Phi) is 4.65. The molecule has 138 valence electrons. The first-order valence-electron chi connectivity index (χ1n) is 8.73. The van der Waals surface area contributed by atoms with Crippen LogP contribution in [-0.4, -0.2) is 69.0 Å². The van der Waals surface area contributed by atoms with Crippen LogP contribution < -0.4 is 10.2 Å². The van der Waals surface area contributed by atoms with E-state index in [-0.39, 0.29) is 18.4 Å². The molecule has 0 radical (unpaired) electrons. The Morgan fingerprint density at radius 3 is 2.56 bits per heavy atom. The average Bonchev–Trinajstić information content (AvgIpc) is 3.17. The number of carbonyl (C=O) groups excluding carboxylic acids is 2. The van der Waals surface area contributed by atoms with E-state index in [2.05, 4.69) is 20.4 Å². The van der Waals surface area contributed by atoms with Gasteiger partial charge in [0.1, 0.15) is 0 Å². The highest BCUT2D eigenvalue weighted by Gasteiger charge is 2.23. The van der Waals surface area contributed by atoms with Crippen molar-refractivity contribution in [2.45, 2.75) is 0 Å². The fourth-order valence-electron chi connectivity index (χ4n) is 3.02. The monoisotopic (exact) mass is 365 g/mol. The summed E-state index contributed by atoms with van der Waals surface area (Å²) in [4.78, 5) is 36.9. The number of piperazine rings is 1. The van der Waals surface area contributed by atoms with Gasteiger partial charge in [-0.05, 0) is 24.3 Å². The van der Waals surface area contributed by atoms with Crippen molar-refractivity contribution in [2.24, 2.45) is 0 Å². The van der Waals surface area contributed by atoms with Crippen molar-refractivity contribution in [1.29, 1.82) is 0 Å². The van der Waals surface area contributed by atoms with E-state index >= 15 is 0 Å². The fraction of sp³-hybridized carbons (Fsp3) is 0.278. The molecule has 0 unspecified atom stereocenters. The van der Waals surface area contributed by atoms with Crippen LogP contribution in [0.25, 0.3) is 5.52 Å². The van der Waals surface area contributed by atoms with Gasteiger partial charge >= 0.3 is 0 Å². The molecule has 0 spiro atoms. The Labute approximate surface area is 155 Å². The summed E-state index contributed by atoms with van der Waals surface area (Å²) in [5.41, 5.74) is 1.12. The van der Waals surface area contributed by atoms with Crippen molar-refractivity contribution in [1.82, 2.24) is 29.8 Å². The van der Waals surface area contributed by atoms with Gasteiger partial charge in [0.25, 0.3) is 5.91 Å². The van der Waals surface area contributed by atoms with Crippen molar-refractivity contribution < 1.29 is 9.59 Å². The number of hydrogen-bond acceptors (Lipinski definition) is 6. The molecular weight excluding hydrogens is 346 g/mol. The number of nitrogens with zero attached hydrogens (tertiary/aromatic N) is 6. The van der Waals surface area contributed by atoms with Crippen LogP contribution in [-0.2, 0) is 4.79 Å². The van der Waals surface area contributed by atoms with E-state index in [1.807, 2.05) is 23.1 Å². The third-order valence-electron chi connectivity index (χ3n) is 4.47. The van der Waals surface area contributed by atoms with Gasteiger partial charge in [-0.1, -0.05) is 6.07 Å². The molecule has 9 nitrogen and oxygen atoms in total. The minimum Gasteiger partial charge on any atom is -0.342 e. The highest BCUT2D eigenvalue weighted by Crippen LogP contribution is 2.10. The van der Waals surface area contributed by atoms with Crippen LogP contribution in [0.2, 0.25) is 0 Å². The van der Waals surface area contributed by atoms with Crippen LogP contribution in [0.1, 0.15) is 10.5 Å². The predicted octanol–water partition coefficient (Wildman–Crippen LogP) is 0.203. The van der Waals surface area contributed by atoms with Crippen molar-refractivity contribution in [3.05, 3.63) is 54.6 Å². The predicted molar refractivity (Wildman–Crippen MR) is 98.4 cm³/mol. The molecule has 1 saturated heterocycles. The molecule has 0 aliphatic carbocycles. The smallest absolute Gasteiger partial charge is 0.272 e. The van der Waals surface area contributed by atoms with Crippen LogP contribution in [0.3, 0.4) is 0 Å². The summed E-state index contributed by atoms with van der Waals surface area (Å²) in [6.07, 6.45) is 5.18. The first-order valence-corrected chi connectivity index (χ1v) is 8.73. The summed E-state index contributed by atoms with van der Waals surface area (Å²) in [7, 11) is 0. The normalized spacial score (nSPS) is 14.4. The highest BCUT2D eigenvalue weighted by atomic mass is 16.2. The van der Waals surface area contributed by atoms with Crippen LogP contribution in [0, 0.1) is 0 Å². The van der Waals surface area contributed by atoms with E-state index in [0.717, 1.165) is 5.52 Å². The number of rotatable bonds is 4. The van der Waals surface area contributed by atoms with Gasteiger partial charge in [-0.3, -0.25) is 9.59 Å². The number of aromatic nitrogens is 4. The Balaban J connectivity index is 1.29. The van der Waals surface area contributed by atoms with Gasteiger partial charge in [0.15, 0.2) is 5.69 Å². The number of hydrogen-bond donors (Lipinski definition) is 1. The second-order valence-electron chi connectivity index (χ2n) is 6.20. The number of carbonyl (C=O) groups is 2. The minimum atomic E-state index is -0.358. The Morgan fingerprint density at radius 2 is 1.81 bits per heavy atom. The molecular formula is C18H19N7O2. The Hall–Kier alpha value is -3.49. The van der Waals surface area contributed by atoms with Crippen molar-refractivity contribution in [3.63, 3.8) is 0 Å². The zero-order valence-electron chi connectivity index (χ0n) is 14.7. The summed E-state index contributed by atoms with van der Waals surface area (Å²) >= 11 is 0. The van der Waals surface area contributed by atoms with Gasteiger partial charge in [-0.15, -0.1) is 0 Å². The Bertz CT molecular complexity index is 916. The van der Waals surface area contributed by atoms with E-state index in [9.17, 15) is 9.59 Å². The molecule has 4 heterocycles. The van der Waals surface area contributed by atoms with Crippen LogP contribution in [0.4, 0.5) is 5.95 Å². The number of pyridine rings is 1. The SMILES string of the molecule is O=C(NCC(=O)N1CCN(c2ncccn2)CC1)c1cc2ccccn2n1. The molecule has 0 saturated carbocycles. The third-order valence-corrected chi connectivity index (χ3v) is 4.47. The molecule has 27 heavy (non-hydrogen) atoms. The quantitative estimate of drug-likeness (QED) is 0.710. The topological polar surface area (TPSA) is 95.7 Å². The maximum atomic E-state index is 12.4. The lowest BCUT2D eigenvalue weighted by Gasteiger charge is -2.34. The van der Waals surface area contributed by atoms with E-state index in [1.165, 1.54) is 0 Å². The molecule has 1 N–H and O–H groups in total. The molecule has 1 aliphatic rings. The van der Waals surface area contributed by atoms with Crippen LogP contribution in [0.5, 0.6) is 0 Å². The first kappa shape index (κ1) is 17.0. The molecule has 3 aromatic heterocycles. The fourth-order valence-corrected chi connectivity index (χ4v) is 3.02. The second-order valence-corrected chi connectivity index (χ2v) is 6.20. The van der Waals surface area contributed by atoms with Gasteiger partial charge in [-0.2, -0.15) is 5.10 Å². The largest absolute Gasteiger partial charge is 0.342 e. The number of amides is 2. The van der Waals surface area contributed by atoms with E-state index in [0.29, 0.717) is 37.8 Å². The number of anilines is 1. The highest BCUT2D eigenvalue weighted by molar-refractivity contribution is 5.95. The first-order chi connectivity index (χ1) is 13.2. The van der Waals surface area contributed by atoms with E-state index < -0.39 is 0 Å². The van der Waals surface area contributed by atoms with Gasteiger partial charge in [0, 0.05) is 44.8 Å². The molecule has 1 aliphatic heterocycles. The summed E-state index contributed by atoms with van der Waals surface area (Å²) < 4.78 is 1.63. The molecule has 0 aromatic carbocycles. The van der Waals surface area contributed by atoms with Gasteiger partial charge in [-0.25, -0.2) is 14.5 Å². The summed E-state index contributed by atoms with van der Waals surface area (Å²) in [6, 6.07) is 9.05. The third kappa shape index (κ3) is 3.71. The lowest BCUT2D eigenvalue weighted by molar-refractivity contribution is -0.130. The molecule has 9 heteroatoms. The van der Waals surface area contributed by atoms with Crippen molar-refractivity contribution >= 4 is 23.3 Å². The van der Waals surface area contributed by atoms with Crippen LogP contribution >= 0.6 is 0 Å². The van der Waals surface area contributed by atoms with Gasteiger partial charge < -0.3 is 15.1 Å². The zero-order valence-corrected chi connectivity index (χ0v) is 14.7. The minimum absolute atomic E-state index is 0.0471. The Morgan fingerprint density at radius 1 is 1.04 bits per heavy atom. The zero-order chi connectivity index (χ0) is 18.6. The standard InChI is InChI=1S/C18H19N7O2/c26-16(23-8-10-24(11-9-23)18-19-5-3-6-20-18)13-21-17(27)15-12-14-4-1-2-7-25(14)22-15/h1-7,12H,8-11,13H2,(H,21,27). The lowest BCUT2D eigenvalue weighted by Crippen LogP contribution is -2.51. The summed E-state index contributed by atoms with van der Waals surface area (Å²) in [6.45, 7) is 2.42. The van der Waals surface area contributed by atoms with E-state index in [4.69, 9.17) is 0 Å². The molecule has 3 aromatic rings. The van der Waals surface area contributed by atoms with Gasteiger partial charge in [0.2, 0.25) is 11.9 Å². The van der Waals surface area contributed by atoms with Crippen LogP contribution in [0.15, 0.2) is 48.9 Å². The molecule has 4 rings (SSSR count).